The van der Waals surface area contributed by atoms with Crippen molar-refractivity contribution in [3.63, 3.8) is 0 Å². The molecule has 88 valence electrons. The minimum Gasteiger partial charge on any atom is -0.489 e. The summed E-state index contributed by atoms with van der Waals surface area (Å²) in [4.78, 5) is 2.31. The van der Waals surface area contributed by atoms with E-state index >= 15 is 0 Å². The van der Waals surface area contributed by atoms with E-state index in [1.165, 1.54) is 13.0 Å². The topological polar surface area (TPSA) is 50.5 Å². The molecule has 1 aliphatic heterocycles. The summed E-state index contributed by atoms with van der Waals surface area (Å²) in [5, 5.41) is 0. The number of anilines is 1. The van der Waals surface area contributed by atoms with Crippen molar-refractivity contribution in [3.8, 4) is 5.75 Å². The zero-order valence-corrected chi connectivity index (χ0v) is 9.65. The number of nitrogens with one attached hydrogen (secondary N) is 1. The van der Waals surface area contributed by atoms with Crippen molar-refractivity contribution in [3.05, 3.63) is 24.3 Å². The molecule has 1 aliphatic rings. The van der Waals surface area contributed by atoms with Crippen LogP contribution in [0.3, 0.4) is 0 Å². The minimum absolute atomic E-state index is 0.315. The molecule has 0 aliphatic carbocycles. The number of hydrazine groups is 1. The molecule has 4 nitrogen and oxygen atoms in total. The van der Waals surface area contributed by atoms with Crippen LogP contribution in [0.2, 0.25) is 0 Å². The molecule has 2 rings (SSSR count). The summed E-state index contributed by atoms with van der Waals surface area (Å²) in [5.74, 6) is 6.22. The molecule has 1 fully saturated rings. The van der Waals surface area contributed by atoms with Crippen LogP contribution in [-0.4, -0.2) is 31.1 Å². The average molecular weight is 221 g/mol. The molecule has 1 saturated heterocycles. The summed E-state index contributed by atoms with van der Waals surface area (Å²) < 4.78 is 5.91. The van der Waals surface area contributed by atoms with Gasteiger partial charge in [0.15, 0.2) is 0 Å². The van der Waals surface area contributed by atoms with Gasteiger partial charge in [0.2, 0.25) is 0 Å². The largest absolute Gasteiger partial charge is 0.489 e. The van der Waals surface area contributed by atoms with Crippen LogP contribution in [0.4, 0.5) is 5.69 Å². The number of likely N-dealkylation sites (tertiary alicyclic amines) is 1. The molecule has 0 radical (unpaired) electrons. The highest BCUT2D eigenvalue weighted by molar-refractivity contribution is 5.45. The van der Waals surface area contributed by atoms with E-state index in [4.69, 9.17) is 10.6 Å². The summed E-state index contributed by atoms with van der Waals surface area (Å²) in [6.45, 7) is 2.19. The molecule has 1 heterocycles. The Morgan fingerprint density at radius 1 is 1.38 bits per heavy atom. The van der Waals surface area contributed by atoms with E-state index in [0.29, 0.717) is 6.10 Å². The maximum atomic E-state index is 5.91. The van der Waals surface area contributed by atoms with Crippen LogP contribution < -0.4 is 16.0 Å². The number of nitrogen functional groups attached to an aromatic ring is 1. The molecule has 1 atom stereocenters. The second kappa shape index (κ2) is 5.18. The first-order valence-corrected chi connectivity index (χ1v) is 5.70. The van der Waals surface area contributed by atoms with Crippen LogP contribution in [0.25, 0.3) is 0 Å². The number of nitrogens with two attached hydrogens (primary N) is 1. The molecule has 16 heavy (non-hydrogen) atoms. The molecule has 4 heteroatoms. The molecule has 1 aromatic carbocycles. The number of hydrogen-bond donors (Lipinski definition) is 2. The second-order valence-corrected chi connectivity index (χ2v) is 4.31. The van der Waals surface area contributed by atoms with E-state index in [0.717, 1.165) is 24.4 Å². The normalized spacial score (nSPS) is 21.8. The summed E-state index contributed by atoms with van der Waals surface area (Å²) in [6, 6.07) is 7.73. The maximum absolute atomic E-state index is 5.91. The third-order valence-corrected chi connectivity index (χ3v) is 2.90. The Bertz CT molecular complexity index is 326. The van der Waals surface area contributed by atoms with Crippen molar-refractivity contribution in [2.75, 3.05) is 25.6 Å². The molecule has 0 aromatic heterocycles. The van der Waals surface area contributed by atoms with Gasteiger partial charge in [0.1, 0.15) is 11.9 Å². The monoisotopic (exact) mass is 221 g/mol. The average Bonchev–Trinajstić information content (AvgIpc) is 2.30. The van der Waals surface area contributed by atoms with Crippen molar-refractivity contribution in [1.82, 2.24) is 4.90 Å². The Kier molecular flexibility index (Phi) is 3.64. The fourth-order valence-corrected chi connectivity index (χ4v) is 2.04. The Labute approximate surface area is 96.3 Å². The molecule has 0 spiro atoms. The third-order valence-electron chi connectivity index (χ3n) is 2.90. The highest BCUT2D eigenvalue weighted by Crippen LogP contribution is 2.19. The smallest absolute Gasteiger partial charge is 0.119 e. The van der Waals surface area contributed by atoms with Gasteiger partial charge in [0.25, 0.3) is 0 Å². The fraction of sp³-hybridized carbons (Fsp3) is 0.500. The fourth-order valence-electron chi connectivity index (χ4n) is 2.04. The zero-order chi connectivity index (χ0) is 11.4. The highest BCUT2D eigenvalue weighted by atomic mass is 16.5. The van der Waals surface area contributed by atoms with Gasteiger partial charge < -0.3 is 15.1 Å². The third kappa shape index (κ3) is 2.87. The lowest BCUT2D eigenvalue weighted by molar-refractivity contribution is 0.104. The van der Waals surface area contributed by atoms with Gasteiger partial charge in [0, 0.05) is 12.2 Å². The number of nitrogens with zero attached hydrogens (tertiary/aromatic N) is 1. The lowest BCUT2D eigenvalue weighted by atomic mass is 10.1. The van der Waals surface area contributed by atoms with Crippen LogP contribution >= 0.6 is 0 Å². The van der Waals surface area contributed by atoms with Gasteiger partial charge >= 0.3 is 0 Å². The van der Waals surface area contributed by atoms with Gasteiger partial charge in [-0.3, -0.25) is 5.84 Å². The summed E-state index contributed by atoms with van der Waals surface area (Å²) in [5.41, 5.74) is 3.50. The second-order valence-electron chi connectivity index (χ2n) is 4.31. The SMILES string of the molecule is CN1CCCC(Oc2ccc(NN)cc2)C1. The summed E-state index contributed by atoms with van der Waals surface area (Å²) in [6.07, 6.45) is 2.67. The van der Waals surface area contributed by atoms with Gasteiger partial charge in [0.05, 0.1) is 0 Å². The molecular formula is C12H19N3O. The van der Waals surface area contributed by atoms with Crippen LogP contribution in [0, 0.1) is 0 Å². The lowest BCUT2D eigenvalue weighted by Crippen LogP contribution is -2.38. The van der Waals surface area contributed by atoms with Crippen molar-refractivity contribution in [1.29, 1.82) is 0 Å². The number of piperidine rings is 1. The van der Waals surface area contributed by atoms with E-state index in [2.05, 4.69) is 17.4 Å². The van der Waals surface area contributed by atoms with Gasteiger partial charge in [-0.2, -0.15) is 0 Å². The molecule has 0 saturated carbocycles. The number of ether oxygens (including phenoxy) is 1. The number of rotatable bonds is 3. The minimum atomic E-state index is 0.315. The van der Waals surface area contributed by atoms with Crippen LogP contribution in [0.15, 0.2) is 24.3 Å². The number of likely N-dealkylation sites (N-methyl/N-ethyl adjacent to an activating group) is 1. The Hall–Kier alpha value is -1.26. The number of benzene rings is 1. The quantitative estimate of drug-likeness (QED) is 0.599. The Morgan fingerprint density at radius 3 is 2.75 bits per heavy atom. The first-order chi connectivity index (χ1) is 7.78. The van der Waals surface area contributed by atoms with Gasteiger partial charge in [-0.1, -0.05) is 0 Å². The van der Waals surface area contributed by atoms with Crippen LogP contribution in [-0.2, 0) is 0 Å². The molecule has 1 unspecified atom stereocenters. The highest BCUT2D eigenvalue weighted by Gasteiger charge is 2.18. The Balaban J connectivity index is 1.92. The lowest BCUT2D eigenvalue weighted by Gasteiger charge is -2.30. The van der Waals surface area contributed by atoms with E-state index in [9.17, 15) is 0 Å². The van der Waals surface area contributed by atoms with Crippen molar-refractivity contribution in [2.24, 2.45) is 5.84 Å². The van der Waals surface area contributed by atoms with E-state index in [-0.39, 0.29) is 0 Å². The van der Waals surface area contributed by atoms with Gasteiger partial charge in [-0.25, -0.2) is 0 Å². The molecule has 0 bridgehead atoms. The van der Waals surface area contributed by atoms with Gasteiger partial charge in [-0.15, -0.1) is 0 Å². The zero-order valence-electron chi connectivity index (χ0n) is 9.65. The van der Waals surface area contributed by atoms with E-state index in [1.54, 1.807) is 0 Å². The Morgan fingerprint density at radius 2 is 2.12 bits per heavy atom. The summed E-state index contributed by atoms with van der Waals surface area (Å²) >= 11 is 0. The predicted molar refractivity (Wildman–Crippen MR) is 65.4 cm³/mol. The first kappa shape index (κ1) is 11.2. The van der Waals surface area contributed by atoms with Crippen molar-refractivity contribution in [2.45, 2.75) is 18.9 Å². The van der Waals surface area contributed by atoms with Crippen molar-refractivity contribution >= 4 is 5.69 Å². The van der Waals surface area contributed by atoms with Crippen molar-refractivity contribution < 1.29 is 4.74 Å². The predicted octanol–water partition coefficient (Wildman–Crippen LogP) is 1.45. The maximum Gasteiger partial charge on any atom is 0.119 e. The summed E-state index contributed by atoms with van der Waals surface area (Å²) in [7, 11) is 2.14. The van der Waals surface area contributed by atoms with E-state index in [1.807, 2.05) is 24.3 Å². The van der Waals surface area contributed by atoms with Gasteiger partial charge in [-0.05, 0) is 50.7 Å². The van der Waals surface area contributed by atoms with Crippen LogP contribution in [0.5, 0.6) is 5.75 Å². The molecular weight excluding hydrogens is 202 g/mol. The molecule has 0 amide bonds. The molecule has 1 aromatic rings. The first-order valence-electron chi connectivity index (χ1n) is 5.70. The molecule has 3 N–H and O–H groups in total. The van der Waals surface area contributed by atoms with Crippen LogP contribution in [0.1, 0.15) is 12.8 Å². The standard InChI is InChI=1S/C12H19N3O/c1-15-8-2-3-12(9-15)16-11-6-4-10(14-13)5-7-11/h4-7,12,14H,2-3,8-9,13H2,1H3. The van der Waals surface area contributed by atoms with E-state index < -0.39 is 0 Å². The number of hydrogen-bond acceptors (Lipinski definition) is 4.